The lowest BCUT2D eigenvalue weighted by atomic mass is 10.2. The number of ether oxygens (including phenoxy) is 2. The fourth-order valence-corrected chi connectivity index (χ4v) is 5.63. The summed E-state index contributed by atoms with van der Waals surface area (Å²) < 4.78 is 13.9. The Morgan fingerprint density at radius 2 is 1.06 bits per heavy atom. The van der Waals surface area contributed by atoms with Gasteiger partial charge in [-0.15, -0.1) is 0 Å². The fraction of sp³-hybridized carbons (Fsp3) is 0.500. The second-order valence-corrected chi connectivity index (χ2v) is 9.87. The van der Waals surface area contributed by atoms with Crippen molar-refractivity contribution in [3.63, 3.8) is 0 Å². The number of methoxy groups -OCH3 is 2. The second-order valence-electron chi connectivity index (χ2n) is 8.78. The van der Waals surface area contributed by atoms with Gasteiger partial charge in [-0.25, -0.2) is 4.98 Å². The number of halogens is 1. The van der Waals surface area contributed by atoms with Crippen LogP contribution in [0.4, 0.5) is 11.4 Å². The van der Waals surface area contributed by atoms with Gasteiger partial charge in [0.2, 0.25) is 11.3 Å². The van der Waals surface area contributed by atoms with Crippen LogP contribution in [-0.4, -0.2) is 95.5 Å². The molecule has 5 rings (SSSR count). The topological polar surface area (TPSA) is 44.3 Å². The van der Waals surface area contributed by atoms with Crippen LogP contribution >= 0.6 is 11.3 Å². The molecule has 9 heteroatoms. The molecule has 0 radical (unpaired) electrons. The van der Waals surface area contributed by atoms with E-state index in [0.29, 0.717) is 0 Å². The molecule has 3 aromatic rings. The van der Waals surface area contributed by atoms with Crippen LogP contribution in [0.25, 0.3) is 20.4 Å². The first-order chi connectivity index (χ1) is 15.6. The van der Waals surface area contributed by atoms with Crippen LogP contribution in [0, 0.1) is 0 Å². The Morgan fingerprint density at radius 3 is 1.42 bits per heavy atom. The van der Waals surface area contributed by atoms with E-state index in [1.54, 1.807) is 25.6 Å². The Kier molecular flexibility index (Phi) is 7.43. The molecule has 0 atom stereocenters. The number of benzene rings is 2. The number of likely N-dealkylation sites (N-methyl/N-ethyl adjacent to an activating group) is 2. The predicted octanol–water partition coefficient (Wildman–Crippen LogP) is 0.255. The maximum Gasteiger partial charge on any atom is 0.262 e. The van der Waals surface area contributed by atoms with Crippen molar-refractivity contribution in [1.29, 1.82) is 0 Å². The molecule has 2 aliphatic heterocycles. The lowest BCUT2D eigenvalue weighted by molar-refractivity contribution is -0.00000697. The Balaban J connectivity index is 0.00000259. The van der Waals surface area contributed by atoms with Crippen LogP contribution in [0.15, 0.2) is 24.3 Å². The molecule has 2 saturated heterocycles. The van der Waals surface area contributed by atoms with Crippen LogP contribution in [0.3, 0.4) is 0 Å². The van der Waals surface area contributed by atoms with Crippen LogP contribution in [0.5, 0.6) is 11.5 Å². The van der Waals surface area contributed by atoms with Gasteiger partial charge < -0.3 is 46.1 Å². The molecule has 178 valence electrons. The third-order valence-electron chi connectivity index (χ3n) is 6.67. The molecule has 7 nitrogen and oxygen atoms in total. The molecule has 3 heterocycles. The van der Waals surface area contributed by atoms with E-state index < -0.39 is 0 Å². The summed E-state index contributed by atoms with van der Waals surface area (Å²) in [6, 6.07) is 8.80. The lowest BCUT2D eigenvalue weighted by Crippen LogP contribution is -3.00. The molecule has 2 fully saturated rings. The molecule has 0 spiro atoms. The van der Waals surface area contributed by atoms with E-state index in [1.807, 2.05) is 0 Å². The van der Waals surface area contributed by atoms with Crippen molar-refractivity contribution in [3.05, 3.63) is 24.3 Å². The maximum absolute atomic E-state index is 5.78. The maximum atomic E-state index is 5.78. The van der Waals surface area contributed by atoms with E-state index in [0.717, 1.165) is 84.3 Å². The van der Waals surface area contributed by atoms with Gasteiger partial charge in [-0.05, 0) is 14.1 Å². The molecule has 33 heavy (non-hydrogen) atoms. The molecule has 1 aromatic heterocycles. The van der Waals surface area contributed by atoms with Crippen molar-refractivity contribution >= 4 is 43.1 Å². The molecule has 0 bridgehead atoms. The highest BCUT2D eigenvalue weighted by Gasteiger charge is 2.25. The molecule has 0 amide bonds. The summed E-state index contributed by atoms with van der Waals surface area (Å²) in [5, 5.41) is 0. The molecule has 0 aliphatic carbocycles. The quantitative estimate of drug-likeness (QED) is 0.352. The standard InChI is InChI=1S/C24H32N5O2S.BrH/c1-26-5-9-28(10-6-26)17-13-19(30-3)23-21(15-17)32-22-16-18(14-20(31-4)24(22)25-23)29-11-7-27(2)8-12-29;/h13-16H,5-12H2,1-4H3;1H/q+1;/p-1. The van der Waals surface area contributed by atoms with Crippen molar-refractivity contribution in [2.45, 2.75) is 0 Å². The SMILES string of the molecule is COc1cc(N2CCN(C)CC2)cc2[s+]c3cc(N4CCN(C)CC4)cc(OC)c3nc12.[Br-]. The molecule has 0 unspecified atom stereocenters. The van der Waals surface area contributed by atoms with Crippen LogP contribution in [0.2, 0.25) is 0 Å². The summed E-state index contributed by atoms with van der Waals surface area (Å²) >= 11 is 1.77. The van der Waals surface area contributed by atoms with Crippen molar-refractivity contribution in [2.75, 3.05) is 90.5 Å². The number of nitrogens with zero attached hydrogens (tertiary/aromatic N) is 5. The highest BCUT2D eigenvalue weighted by Crippen LogP contribution is 2.40. The predicted molar refractivity (Wildman–Crippen MR) is 134 cm³/mol. The van der Waals surface area contributed by atoms with E-state index in [-0.39, 0.29) is 17.0 Å². The molecule has 0 N–H and O–H groups in total. The van der Waals surface area contributed by atoms with E-state index >= 15 is 0 Å². The minimum Gasteiger partial charge on any atom is -1.00 e. The second kappa shape index (κ2) is 10.1. The summed E-state index contributed by atoms with van der Waals surface area (Å²) in [5.74, 6) is 1.64. The Bertz CT molecular complexity index is 1050. The summed E-state index contributed by atoms with van der Waals surface area (Å²) in [5.41, 5.74) is 4.21. The van der Waals surface area contributed by atoms with Gasteiger partial charge in [0, 0.05) is 88.0 Å². The van der Waals surface area contributed by atoms with Gasteiger partial charge in [0.15, 0.2) is 22.5 Å². The van der Waals surface area contributed by atoms with Gasteiger partial charge >= 0.3 is 0 Å². The average Bonchev–Trinajstić information content (AvgIpc) is 2.82. The van der Waals surface area contributed by atoms with Crippen molar-refractivity contribution in [3.8, 4) is 11.5 Å². The zero-order valence-corrected chi connectivity index (χ0v) is 22.2. The summed E-state index contributed by atoms with van der Waals surface area (Å²) in [6.45, 7) is 8.40. The summed E-state index contributed by atoms with van der Waals surface area (Å²) in [7, 11) is 7.82. The smallest absolute Gasteiger partial charge is 0.262 e. The Hall–Kier alpha value is -1.94. The van der Waals surface area contributed by atoms with E-state index in [1.165, 1.54) is 11.4 Å². The van der Waals surface area contributed by atoms with Crippen LogP contribution in [-0.2, 0) is 0 Å². The minimum absolute atomic E-state index is 0. The Morgan fingerprint density at radius 1 is 0.667 bits per heavy atom. The number of aromatic nitrogens is 1. The molecule has 2 aliphatic rings. The summed E-state index contributed by atoms with van der Waals surface area (Å²) in [6.07, 6.45) is 0. The van der Waals surface area contributed by atoms with Crippen molar-refractivity contribution in [1.82, 2.24) is 14.8 Å². The van der Waals surface area contributed by atoms with Gasteiger partial charge in [-0.3, -0.25) is 0 Å². The molecular formula is C24H32BrN5O2S. The van der Waals surface area contributed by atoms with Crippen LogP contribution < -0.4 is 36.3 Å². The third-order valence-corrected chi connectivity index (χ3v) is 7.73. The molecule has 2 aromatic carbocycles. The van der Waals surface area contributed by atoms with Gasteiger partial charge in [0.05, 0.1) is 14.2 Å². The molecule has 0 saturated carbocycles. The van der Waals surface area contributed by atoms with Gasteiger partial charge in [0.1, 0.15) is 0 Å². The number of rotatable bonds is 4. The zero-order valence-electron chi connectivity index (χ0n) is 19.8. The first kappa shape index (κ1) is 24.2. The highest BCUT2D eigenvalue weighted by molar-refractivity contribution is 7.24. The first-order valence-corrected chi connectivity index (χ1v) is 12.1. The minimum atomic E-state index is 0. The molecular weight excluding hydrogens is 502 g/mol. The number of piperazine rings is 2. The van der Waals surface area contributed by atoms with Crippen molar-refractivity contribution < 1.29 is 26.5 Å². The average molecular weight is 535 g/mol. The zero-order chi connectivity index (χ0) is 22.2. The first-order valence-electron chi connectivity index (χ1n) is 11.3. The van der Waals surface area contributed by atoms with Gasteiger partial charge in [-0.1, -0.05) is 0 Å². The third kappa shape index (κ3) is 4.82. The normalized spacial score (nSPS) is 17.9. The van der Waals surface area contributed by atoms with E-state index in [2.05, 4.69) is 58.0 Å². The fourth-order valence-electron chi connectivity index (χ4n) is 4.55. The number of hydrogen-bond acceptors (Lipinski definition) is 7. The lowest BCUT2D eigenvalue weighted by Gasteiger charge is -2.34. The monoisotopic (exact) mass is 533 g/mol. The Labute approximate surface area is 210 Å². The van der Waals surface area contributed by atoms with Gasteiger partial charge in [0.25, 0.3) is 9.40 Å². The van der Waals surface area contributed by atoms with Crippen LogP contribution in [0.1, 0.15) is 0 Å². The van der Waals surface area contributed by atoms with Crippen molar-refractivity contribution in [2.24, 2.45) is 0 Å². The number of anilines is 2. The number of hydrogen-bond donors (Lipinski definition) is 0. The summed E-state index contributed by atoms with van der Waals surface area (Å²) in [4.78, 5) is 14.7. The van der Waals surface area contributed by atoms with E-state index in [9.17, 15) is 0 Å². The highest BCUT2D eigenvalue weighted by atomic mass is 79.9. The van der Waals surface area contributed by atoms with E-state index in [4.69, 9.17) is 14.5 Å². The number of fused-ring (bicyclic) bond motifs is 2. The van der Waals surface area contributed by atoms with Gasteiger partial charge in [-0.2, -0.15) is 0 Å². The largest absolute Gasteiger partial charge is 1.00 e.